The molecule has 0 spiro atoms. The zero-order valence-electron chi connectivity index (χ0n) is 15.1. The van der Waals surface area contributed by atoms with Gasteiger partial charge in [-0.25, -0.2) is 4.98 Å². The van der Waals surface area contributed by atoms with Crippen LogP contribution in [0, 0.1) is 6.92 Å². The van der Waals surface area contributed by atoms with Crippen LogP contribution in [-0.4, -0.2) is 22.3 Å². The Morgan fingerprint density at radius 3 is 2.78 bits per heavy atom. The highest BCUT2D eigenvalue weighted by Gasteiger charge is 2.21. The molecule has 0 radical (unpaired) electrons. The summed E-state index contributed by atoms with van der Waals surface area (Å²) in [6, 6.07) is 17.5. The second kappa shape index (κ2) is 7.41. The van der Waals surface area contributed by atoms with Gasteiger partial charge in [-0.2, -0.15) is 0 Å². The summed E-state index contributed by atoms with van der Waals surface area (Å²) < 4.78 is 0. The number of nitrogens with zero attached hydrogens (tertiary/aromatic N) is 2. The van der Waals surface area contributed by atoms with E-state index in [9.17, 15) is 4.79 Å². The van der Waals surface area contributed by atoms with Gasteiger partial charge in [0.2, 0.25) is 0 Å². The number of rotatable bonds is 3. The fraction of sp³-hybridized carbons (Fsp3) is 0.182. The summed E-state index contributed by atoms with van der Waals surface area (Å²) in [7, 11) is 0. The number of carbonyl (C=O) groups excluding carboxylic acids is 1. The molecule has 0 fully saturated rings. The predicted molar refractivity (Wildman–Crippen MR) is 109 cm³/mol. The molecule has 136 valence electrons. The lowest BCUT2D eigenvalue weighted by Crippen LogP contribution is -2.35. The number of anilines is 2. The molecule has 4 rings (SSSR count). The molecule has 1 aromatic heterocycles. The Labute approximate surface area is 163 Å². The SMILES string of the molecule is Cc1ccc(Cl)cc1Nc1cc(C(=O)N2CCc3ccccc3C2)ccn1. The van der Waals surface area contributed by atoms with Crippen LogP contribution in [0.25, 0.3) is 0 Å². The third-order valence-corrected chi connectivity index (χ3v) is 5.12. The highest BCUT2D eigenvalue weighted by molar-refractivity contribution is 6.30. The van der Waals surface area contributed by atoms with Gasteiger partial charge < -0.3 is 10.2 Å². The van der Waals surface area contributed by atoms with Crippen molar-refractivity contribution in [2.75, 3.05) is 11.9 Å². The normalized spacial score (nSPS) is 13.2. The molecule has 1 N–H and O–H groups in total. The van der Waals surface area contributed by atoms with Crippen LogP contribution >= 0.6 is 11.6 Å². The van der Waals surface area contributed by atoms with Crippen molar-refractivity contribution in [3.63, 3.8) is 0 Å². The van der Waals surface area contributed by atoms with Gasteiger partial charge in [0.1, 0.15) is 5.82 Å². The molecule has 2 heterocycles. The second-order valence-electron chi connectivity index (χ2n) is 6.76. The van der Waals surface area contributed by atoms with Crippen molar-refractivity contribution in [2.24, 2.45) is 0 Å². The lowest BCUT2D eigenvalue weighted by atomic mass is 9.99. The number of benzene rings is 2. The molecule has 0 saturated heterocycles. The summed E-state index contributed by atoms with van der Waals surface area (Å²) in [5.41, 5.74) is 5.12. The van der Waals surface area contributed by atoms with Crippen LogP contribution in [-0.2, 0) is 13.0 Å². The summed E-state index contributed by atoms with van der Waals surface area (Å²) in [5, 5.41) is 3.92. The molecule has 0 aliphatic carbocycles. The van der Waals surface area contributed by atoms with E-state index >= 15 is 0 Å². The summed E-state index contributed by atoms with van der Waals surface area (Å²) >= 11 is 6.09. The minimum absolute atomic E-state index is 0.0257. The minimum atomic E-state index is 0.0257. The van der Waals surface area contributed by atoms with Crippen molar-refractivity contribution in [2.45, 2.75) is 19.9 Å². The standard InChI is InChI=1S/C22H20ClN3O/c1-15-6-7-19(23)13-20(15)25-21-12-17(8-10-24-21)22(27)26-11-9-16-4-2-3-5-18(16)14-26/h2-8,10,12-13H,9,11,14H2,1H3,(H,24,25). The average molecular weight is 378 g/mol. The van der Waals surface area contributed by atoms with Gasteiger partial charge in [0.15, 0.2) is 0 Å². The molecule has 27 heavy (non-hydrogen) atoms. The molecule has 3 aromatic rings. The molecule has 2 aromatic carbocycles. The van der Waals surface area contributed by atoms with Crippen molar-refractivity contribution in [3.8, 4) is 0 Å². The molecule has 0 atom stereocenters. The van der Waals surface area contributed by atoms with Crippen molar-refractivity contribution < 1.29 is 4.79 Å². The molecular weight excluding hydrogens is 358 g/mol. The number of fused-ring (bicyclic) bond motifs is 1. The van der Waals surface area contributed by atoms with E-state index in [1.54, 1.807) is 18.3 Å². The van der Waals surface area contributed by atoms with Crippen LogP contribution in [0.15, 0.2) is 60.8 Å². The summed E-state index contributed by atoms with van der Waals surface area (Å²) in [4.78, 5) is 19.2. The maximum atomic E-state index is 13.0. The van der Waals surface area contributed by atoms with Gasteiger partial charge >= 0.3 is 0 Å². The summed E-state index contributed by atoms with van der Waals surface area (Å²) in [6.07, 6.45) is 2.55. The molecule has 1 amide bonds. The van der Waals surface area contributed by atoms with Gasteiger partial charge in [0.05, 0.1) is 0 Å². The highest BCUT2D eigenvalue weighted by atomic mass is 35.5. The third-order valence-electron chi connectivity index (χ3n) is 4.89. The van der Waals surface area contributed by atoms with E-state index in [0.29, 0.717) is 22.9 Å². The lowest BCUT2D eigenvalue weighted by Gasteiger charge is -2.29. The first-order chi connectivity index (χ1) is 13.1. The number of nitrogens with one attached hydrogen (secondary N) is 1. The van der Waals surface area contributed by atoms with E-state index in [4.69, 9.17) is 11.6 Å². The van der Waals surface area contributed by atoms with Gasteiger partial charge in [-0.15, -0.1) is 0 Å². The van der Waals surface area contributed by atoms with Crippen LogP contribution in [0.5, 0.6) is 0 Å². The van der Waals surface area contributed by atoms with Crippen LogP contribution in [0.1, 0.15) is 27.0 Å². The van der Waals surface area contributed by atoms with E-state index in [0.717, 1.165) is 24.2 Å². The van der Waals surface area contributed by atoms with Crippen LogP contribution in [0.4, 0.5) is 11.5 Å². The maximum Gasteiger partial charge on any atom is 0.254 e. The van der Waals surface area contributed by atoms with Gasteiger partial charge in [-0.1, -0.05) is 41.9 Å². The first kappa shape index (κ1) is 17.6. The molecule has 0 bridgehead atoms. The van der Waals surface area contributed by atoms with Crippen molar-refractivity contribution >= 4 is 29.0 Å². The summed E-state index contributed by atoms with van der Waals surface area (Å²) in [6.45, 7) is 3.38. The molecule has 5 heteroatoms. The van der Waals surface area contributed by atoms with E-state index < -0.39 is 0 Å². The van der Waals surface area contributed by atoms with Crippen LogP contribution in [0.3, 0.4) is 0 Å². The van der Waals surface area contributed by atoms with E-state index in [1.807, 2.05) is 36.1 Å². The number of amides is 1. The largest absolute Gasteiger partial charge is 0.340 e. The Bertz CT molecular complexity index is 1000. The van der Waals surface area contributed by atoms with Crippen LogP contribution < -0.4 is 5.32 Å². The Morgan fingerprint density at radius 2 is 1.93 bits per heavy atom. The van der Waals surface area contributed by atoms with Crippen molar-refractivity contribution in [1.29, 1.82) is 0 Å². The fourth-order valence-electron chi connectivity index (χ4n) is 3.35. The van der Waals surface area contributed by atoms with Gasteiger partial charge in [-0.3, -0.25) is 4.79 Å². The Hall–Kier alpha value is -2.85. The summed E-state index contributed by atoms with van der Waals surface area (Å²) in [5.74, 6) is 0.654. The van der Waals surface area contributed by atoms with Gasteiger partial charge in [0, 0.05) is 35.6 Å². The molecular formula is C22H20ClN3O. The van der Waals surface area contributed by atoms with Crippen LogP contribution in [0.2, 0.25) is 5.02 Å². The Balaban J connectivity index is 1.54. The molecule has 1 aliphatic heterocycles. The van der Waals surface area contributed by atoms with Gasteiger partial charge in [0.25, 0.3) is 5.91 Å². The molecule has 4 nitrogen and oxygen atoms in total. The van der Waals surface area contributed by atoms with E-state index in [1.165, 1.54) is 11.1 Å². The Kier molecular flexibility index (Phi) is 4.82. The predicted octanol–water partition coefficient (Wildman–Crippen LogP) is 4.99. The maximum absolute atomic E-state index is 13.0. The van der Waals surface area contributed by atoms with E-state index in [2.05, 4.69) is 28.5 Å². The number of carbonyl (C=O) groups is 1. The number of halogens is 1. The second-order valence-corrected chi connectivity index (χ2v) is 7.20. The molecule has 0 saturated carbocycles. The third kappa shape index (κ3) is 3.81. The highest BCUT2D eigenvalue weighted by Crippen LogP contribution is 2.25. The fourth-order valence-corrected chi connectivity index (χ4v) is 3.52. The average Bonchev–Trinajstić information content (AvgIpc) is 2.70. The number of hydrogen-bond donors (Lipinski definition) is 1. The number of aryl methyl sites for hydroxylation is 1. The monoisotopic (exact) mass is 377 g/mol. The zero-order chi connectivity index (χ0) is 18.8. The van der Waals surface area contributed by atoms with E-state index in [-0.39, 0.29) is 5.91 Å². The number of hydrogen-bond acceptors (Lipinski definition) is 3. The van der Waals surface area contributed by atoms with Crippen molar-refractivity contribution in [3.05, 3.63) is 88.1 Å². The molecule has 0 unspecified atom stereocenters. The minimum Gasteiger partial charge on any atom is -0.340 e. The Morgan fingerprint density at radius 1 is 1.11 bits per heavy atom. The topological polar surface area (TPSA) is 45.2 Å². The lowest BCUT2D eigenvalue weighted by molar-refractivity contribution is 0.0734. The number of aromatic nitrogens is 1. The first-order valence-electron chi connectivity index (χ1n) is 8.95. The zero-order valence-corrected chi connectivity index (χ0v) is 15.8. The molecule has 1 aliphatic rings. The quantitative estimate of drug-likeness (QED) is 0.699. The smallest absolute Gasteiger partial charge is 0.254 e. The van der Waals surface area contributed by atoms with Crippen molar-refractivity contribution in [1.82, 2.24) is 9.88 Å². The van der Waals surface area contributed by atoms with Gasteiger partial charge in [-0.05, 0) is 54.3 Å². The first-order valence-corrected chi connectivity index (χ1v) is 9.33. The number of pyridine rings is 1.